The Labute approximate surface area is 164 Å². The number of hydrogen-bond acceptors (Lipinski definition) is 3. The molecule has 5 rings (SSSR count). The molecule has 27 heavy (non-hydrogen) atoms. The molecule has 4 fully saturated rings. The molecule has 0 saturated heterocycles. The van der Waals surface area contributed by atoms with E-state index in [1.165, 1.54) is 44.9 Å². The minimum atomic E-state index is -0.400. The second kappa shape index (κ2) is 6.30. The Morgan fingerprint density at radius 2 is 1.81 bits per heavy atom. The molecule has 0 spiro atoms. The molecular weight excluding hydrogens is 334 g/mol. The second-order valence-corrected chi connectivity index (χ2v) is 11.0. The summed E-state index contributed by atoms with van der Waals surface area (Å²) < 4.78 is 2.10. The molecule has 0 radical (unpaired) electrons. The van der Waals surface area contributed by atoms with Gasteiger partial charge in [-0.1, -0.05) is 12.1 Å². The molecule has 4 heteroatoms. The van der Waals surface area contributed by atoms with Gasteiger partial charge in [0.15, 0.2) is 0 Å². The Hall–Kier alpha value is -0.900. The van der Waals surface area contributed by atoms with Crippen molar-refractivity contribution in [2.75, 3.05) is 0 Å². The molecule has 0 aromatic carbocycles. The zero-order valence-corrected chi connectivity index (χ0v) is 17.3. The summed E-state index contributed by atoms with van der Waals surface area (Å²) in [5.41, 5.74) is 0.0718. The van der Waals surface area contributed by atoms with Crippen molar-refractivity contribution in [3.63, 3.8) is 0 Å². The first-order valence-electron chi connectivity index (χ1n) is 11.5. The summed E-state index contributed by atoms with van der Waals surface area (Å²) in [4.78, 5) is 0. The van der Waals surface area contributed by atoms with Crippen molar-refractivity contribution in [1.29, 1.82) is 0 Å². The van der Waals surface area contributed by atoms with E-state index in [-0.39, 0.29) is 0 Å². The first-order valence-corrected chi connectivity index (χ1v) is 11.5. The van der Waals surface area contributed by atoms with Gasteiger partial charge in [-0.3, -0.25) is 0 Å². The first kappa shape index (κ1) is 18.1. The molecule has 1 N–H and O–H groups in total. The molecule has 4 aliphatic rings. The number of hydrogen-bond donors (Lipinski definition) is 1. The van der Waals surface area contributed by atoms with Crippen LogP contribution in [0.25, 0.3) is 0 Å². The van der Waals surface area contributed by atoms with Crippen molar-refractivity contribution in [2.45, 2.75) is 90.2 Å². The average molecular weight is 372 g/mol. The van der Waals surface area contributed by atoms with Crippen LogP contribution in [0.5, 0.6) is 0 Å². The maximum Gasteiger partial charge on any atom is 0.0693 e. The maximum absolute atomic E-state index is 10.6. The zero-order valence-electron chi connectivity index (χ0n) is 17.3. The van der Waals surface area contributed by atoms with Crippen LogP contribution in [0, 0.1) is 40.9 Å². The van der Waals surface area contributed by atoms with E-state index >= 15 is 0 Å². The largest absolute Gasteiger partial charge is 0.390 e. The lowest BCUT2D eigenvalue weighted by atomic mass is 9.49. The van der Waals surface area contributed by atoms with E-state index in [1.54, 1.807) is 0 Å². The third kappa shape index (κ3) is 2.81. The van der Waals surface area contributed by atoms with Gasteiger partial charge >= 0.3 is 0 Å². The van der Waals surface area contributed by atoms with Crippen molar-refractivity contribution < 1.29 is 5.11 Å². The predicted molar refractivity (Wildman–Crippen MR) is 106 cm³/mol. The quantitative estimate of drug-likeness (QED) is 0.808. The third-order valence-electron chi connectivity index (χ3n) is 9.75. The fourth-order valence-corrected chi connectivity index (χ4v) is 8.53. The van der Waals surface area contributed by atoms with Crippen molar-refractivity contribution in [2.24, 2.45) is 40.9 Å². The summed E-state index contributed by atoms with van der Waals surface area (Å²) in [6.45, 7) is 7.04. The highest BCUT2D eigenvalue weighted by Gasteiger charge is 2.58. The smallest absolute Gasteiger partial charge is 0.0693 e. The van der Waals surface area contributed by atoms with Gasteiger partial charge in [-0.05, 0) is 113 Å². The lowest BCUT2D eigenvalue weighted by Gasteiger charge is -2.57. The average Bonchev–Trinajstić information content (AvgIpc) is 3.27. The molecule has 4 aliphatic carbocycles. The summed E-state index contributed by atoms with van der Waals surface area (Å²) in [7, 11) is 0. The van der Waals surface area contributed by atoms with Crippen molar-refractivity contribution >= 4 is 0 Å². The van der Waals surface area contributed by atoms with Crippen LogP contribution in [0.4, 0.5) is 0 Å². The number of nitrogens with zero attached hydrogens (tertiary/aromatic N) is 3. The lowest BCUT2D eigenvalue weighted by molar-refractivity contribution is -0.102. The van der Waals surface area contributed by atoms with E-state index in [9.17, 15) is 5.11 Å². The Morgan fingerprint density at radius 1 is 1.00 bits per heavy atom. The molecule has 0 aliphatic heterocycles. The fraction of sp³-hybridized carbons (Fsp3) is 0.913. The lowest BCUT2D eigenvalue weighted by Crippen LogP contribution is -2.50. The molecule has 0 amide bonds. The first-order chi connectivity index (χ1) is 12.9. The molecule has 150 valence electrons. The molecule has 0 bridgehead atoms. The summed E-state index contributed by atoms with van der Waals surface area (Å²) in [6.07, 6.45) is 15.5. The normalized spacial score (nSPS) is 50.5. The SMILES string of the molecule is CC([C@H]1CC[C@H]2[C@@H]3CC[C@@H]4C[C@](C)(O)CC[C@@H]4[C@H]3CC[C@]12C)n1ccnn1. The second-order valence-electron chi connectivity index (χ2n) is 11.0. The molecule has 1 heterocycles. The zero-order chi connectivity index (χ0) is 18.8. The number of fused-ring (bicyclic) bond motifs is 5. The molecule has 4 nitrogen and oxygen atoms in total. The maximum atomic E-state index is 10.6. The van der Waals surface area contributed by atoms with Gasteiger partial charge in [-0.25, -0.2) is 4.68 Å². The van der Waals surface area contributed by atoms with Gasteiger partial charge in [0.1, 0.15) is 0 Å². The molecule has 4 saturated carbocycles. The van der Waals surface area contributed by atoms with Crippen LogP contribution in [-0.4, -0.2) is 25.7 Å². The number of aromatic nitrogens is 3. The molecule has 9 atom stereocenters. The van der Waals surface area contributed by atoms with Crippen LogP contribution < -0.4 is 0 Å². The van der Waals surface area contributed by atoms with Gasteiger partial charge in [0, 0.05) is 6.20 Å². The molecule has 1 unspecified atom stereocenters. The Bertz CT molecular complexity index is 671. The van der Waals surface area contributed by atoms with Crippen LogP contribution in [0.2, 0.25) is 0 Å². The van der Waals surface area contributed by atoms with Gasteiger partial charge in [0.2, 0.25) is 0 Å². The standard InChI is InChI=1S/C23H37N3O/c1-15(26-13-12-24-25-26)20-6-7-21-19-5-4-16-14-22(2,27)10-8-17(16)18(19)9-11-23(20,21)3/h12-13,15-21,27H,4-11,14H2,1-3H3/t15?,16-,17+,18-,19-,20-,21+,22-,23-/m1/s1. The molecule has 1 aromatic heterocycles. The predicted octanol–water partition coefficient (Wildman–Crippen LogP) is 4.86. The van der Waals surface area contributed by atoms with E-state index in [2.05, 4.69) is 35.8 Å². The summed E-state index contributed by atoms with van der Waals surface area (Å²) >= 11 is 0. The van der Waals surface area contributed by atoms with Gasteiger partial charge in [-0.2, -0.15) is 0 Å². The topological polar surface area (TPSA) is 50.9 Å². The van der Waals surface area contributed by atoms with E-state index in [4.69, 9.17) is 0 Å². The van der Waals surface area contributed by atoms with Crippen LogP contribution in [0.15, 0.2) is 12.4 Å². The molecule has 1 aromatic rings. The Kier molecular flexibility index (Phi) is 4.24. The summed E-state index contributed by atoms with van der Waals surface area (Å²) in [5.74, 6) is 5.16. The highest BCUT2D eigenvalue weighted by molar-refractivity contribution is 5.07. The van der Waals surface area contributed by atoms with Gasteiger partial charge < -0.3 is 5.11 Å². The Morgan fingerprint density at radius 3 is 2.59 bits per heavy atom. The molecular formula is C23H37N3O. The fourth-order valence-electron chi connectivity index (χ4n) is 8.53. The van der Waals surface area contributed by atoms with Gasteiger partial charge in [0.05, 0.1) is 17.8 Å². The van der Waals surface area contributed by atoms with Gasteiger partial charge in [-0.15, -0.1) is 5.10 Å². The number of rotatable bonds is 2. The van der Waals surface area contributed by atoms with E-state index in [0.717, 1.165) is 48.3 Å². The Balaban J connectivity index is 1.36. The van der Waals surface area contributed by atoms with Crippen LogP contribution in [0.1, 0.15) is 84.6 Å². The van der Waals surface area contributed by atoms with Crippen LogP contribution >= 0.6 is 0 Å². The third-order valence-corrected chi connectivity index (χ3v) is 9.75. The van der Waals surface area contributed by atoms with Crippen molar-refractivity contribution in [3.05, 3.63) is 12.4 Å². The summed E-state index contributed by atoms with van der Waals surface area (Å²) in [5, 5.41) is 19.0. The van der Waals surface area contributed by atoms with E-state index in [1.807, 2.05) is 12.4 Å². The van der Waals surface area contributed by atoms with E-state index < -0.39 is 5.60 Å². The van der Waals surface area contributed by atoms with Crippen molar-refractivity contribution in [1.82, 2.24) is 15.0 Å². The highest BCUT2D eigenvalue weighted by atomic mass is 16.3. The van der Waals surface area contributed by atoms with Crippen LogP contribution in [0.3, 0.4) is 0 Å². The van der Waals surface area contributed by atoms with E-state index in [0.29, 0.717) is 11.5 Å². The summed E-state index contributed by atoms with van der Waals surface area (Å²) in [6, 6.07) is 0.458. The van der Waals surface area contributed by atoms with Crippen molar-refractivity contribution in [3.8, 4) is 0 Å². The number of aliphatic hydroxyl groups is 1. The highest BCUT2D eigenvalue weighted by Crippen LogP contribution is 2.66. The monoisotopic (exact) mass is 371 g/mol. The minimum Gasteiger partial charge on any atom is -0.390 e. The van der Waals surface area contributed by atoms with Crippen LogP contribution in [-0.2, 0) is 0 Å². The van der Waals surface area contributed by atoms with Gasteiger partial charge in [0.25, 0.3) is 0 Å². The minimum absolute atomic E-state index is 0.400.